The molecule has 7 heteroatoms. The summed E-state index contributed by atoms with van der Waals surface area (Å²) in [5.41, 5.74) is 1.96. The van der Waals surface area contributed by atoms with Crippen molar-refractivity contribution in [3.8, 4) is 5.69 Å². The SMILES string of the molecule is Cc1ccc(-n2cnnc2SCN2CCCCC2=O)cc1Cl. The van der Waals surface area contributed by atoms with Gasteiger partial charge in [-0.05, 0) is 37.5 Å². The number of rotatable bonds is 4. The van der Waals surface area contributed by atoms with E-state index in [2.05, 4.69) is 10.2 Å². The Morgan fingerprint density at radius 2 is 2.23 bits per heavy atom. The maximum absolute atomic E-state index is 11.8. The lowest BCUT2D eigenvalue weighted by atomic mass is 10.1. The summed E-state index contributed by atoms with van der Waals surface area (Å²) in [5.74, 6) is 0.833. The molecule has 0 spiro atoms. The topological polar surface area (TPSA) is 51.0 Å². The van der Waals surface area contributed by atoms with Gasteiger partial charge >= 0.3 is 0 Å². The second-order valence-electron chi connectivity index (χ2n) is 5.30. The number of thioether (sulfide) groups is 1. The quantitative estimate of drug-likeness (QED) is 0.804. The van der Waals surface area contributed by atoms with Gasteiger partial charge in [-0.25, -0.2) is 0 Å². The van der Waals surface area contributed by atoms with Crippen LogP contribution in [0.1, 0.15) is 24.8 Å². The second-order valence-corrected chi connectivity index (χ2v) is 6.62. The summed E-state index contributed by atoms with van der Waals surface area (Å²) < 4.78 is 1.89. The van der Waals surface area contributed by atoms with Crippen molar-refractivity contribution in [1.82, 2.24) is 19.7 Å². The van der Waals surface area contributed by atoms with Gasteiger partial charge in [0.05, 0.1) is 11.6 Å². The monoisotopic (exact) mass is 336 g/mol. The van der Waals surface area contributed by atoms with Gasteiger partial charge in [0.15, 0.2) is 5.16 Å². The van der Waals surface area contributed by atoms with Crippen molar-refractivity contribution in [3.05, 3.63) is 35.1 Å². The molecule has 1 amide bonds. The Morgan fingerprint density at radius 3 is 3.00 bits per heavy atom. The molecule has 0 radical (unpaired) electrons. The normalized spacial score (nSPS) is 15.4. The fourth-order valence-corrected chi connectivity index (χ4v) is 3.48. The van der Waals surface area contributed by atoms with Crippen LogP contribution in [0.15, 0.2) is 29.7 Å². The number of carbonyl (C=O) groups is 1. The summed E-state index contributed by atoms with van der Waals surface area (Å²) in [6.07, 6.45) is 4.40. The van der Waals surface area contributed by atoms with E-state index in [4.69, 9.17) is 11.6 Å². The number of hydrogen-bond donors (Lipinski definition) is 0. The highest BCUT2D eigenvalue weighted by Crippen LogP contribution is 2.25. The molecule has 3 rings (SSSR count). The summed E-state index contributed by atoms with van der Waals surface area (Å²) in [7, 11) is 0. The van der Waals surface area contributed by atoms with Crippen molar-refractivity contribution >= 4 is 29.3 Å². The van der Waals surface area contributed by atoms with Gasteiger partial charge in [0.1, 0.15) is 6.33 Å². The van der Waals surface area contributed by atoms with Crippen molar-refractivity contribution in [3.63, 3.8) is 0 Å². The van der Waals surface area contributed by atoms with Crippen molar-refractivity contribution in [1.29, 1.82) is 0 Å². The van der Waals surface area contributed by atoms with Crippen LogP contribution >= 0.6 is 23.4 Å². The van der Waals surface area contributed by atoms with E-state index in [9.17, 15) is 4.79 Å². The van der Waals surface area contributed by atoms with Crippen LogP contribution in [-0.2, 0) is 4.79 Å². The molecule has 0 saturated carbocycles. The molecule has 2 heterocycles. The summed E-state index contributed by atoms with van der Waals surface area (Å²) >= 11 is 7.71. The van der Waals surface area contributed by atoms with E-state index in [0.29, 0.717) is 17.3 Å². The number of aromatic nitrogens is 3. The highest BCUT2D eigenvalue weighted by atomic mass is 35.5. The number of halogens is 1. The highest BCUT2D eigenvalue weighted by molar-refractivity contribution is 7.99. The summed E-state index contributed by atoms with van der Waals surface area (Å²) in [6.45, 7) is 2.80. The van der Waals surface area contributed by atoms with E-state index >= 15 is 0 Å². The van der Waals surface area contributed by atoms with Gasteiger partial charge < -0.3 is 4.90 Å². The molecule has 5 nitrogen and oxygen atoms in total. The van der Waals surface area contributed by atoms with Crippen molar-refractivity contribution < 1.29 is 4.79 Å². The van der Waals surface area contributed by atoms with Gasteiger partial charge in [-0.15, -0.1) is 10.2 Å². The largest absolute Gasteiger partial charge is 0.333 e. The molecule has 22 heavy (non-hydrogen) atoms. The first-order valence-electron chi connectivity index (χ1n) is 7.22. The van der Waals surface area contributed by atoms with E-state index in [1.54, 1.807) is 6.33 Å². The average Bonchev–Trinajstić information content (AvgIpc) is 2.98. The van der Waals surface area contributed by atoms with Gasteiger partial charge in [0.2, 0.25) is 5.91 Å². The molecule has 0 aliphatic carbocycles. The highest BCUT2D eigenvalue weighted by Gasteiger charge is 2.19. The molecular weight excluding hydrogens is 320 g/mol. The average molecular weight is 337 g/mol. The van der Waals surface area contributed by atoms with Crippen molar-refractivity contribution in [2.24, 2.45) is 0 Å². The Kier molecular flexibility index (Phi) is 4.69. The molecule has 0 bridgehead atoms. The molecule has 2 aromatic rings. The first kappa shape index (κ1) is 15.4. The lowest BCUT2D eigenvalue weighted by Crippen LogP contribution is -2.34. The number of carbonyl (C=O) groups excluding carboxylic acids is 1. The summed E-state index contributed by atoms with van der Waals surface area (Å²) in [4.78, 5) is 13.7. The van der Waals surface area contributed by atoms with Gasteiger partial charge in [-0.3, -0.25) is 9.36 Å². The minimum Gasteiger partial charge on any atom is -0.333 e. The van der Waals surface area contributed by atoms with Gasteiger partial charge in [-0.1, -0.05) is 29.4 Å². The lowest BCUT2D eigenvalue weighted by Gasteiger charge is -2.25. The van der Waals surface area contributed by atoms with E-state index in [-0.39, 0.29) is 5.91 Å². The predicted molar refractivity (Wildman–Crippen MR) is 87.4 cm³/mol. The third-order valence-corrected chi connectivity index (χ3v) is 5.11. The number of hydrogen-bond acceptors (Lipinski definition) is 4. The molecule has 1 saturated heterocycles. The molecule has 0 atom stereocenters. The zero-order chi connectivity index (χ0) is 15.5. The molecule has 1 aliphatic rings. The third kappa shape index (κ3) is 3.28. The number of likely N-dealkylation sites (tertiary alicyclic amines) is 1. The Labute approximate surface area is 138 Å². The maximum atomic E-state index is 11.8. The molecule has 1 fully saturated rings. The van der Waals surface area contributed by atoms with E-state index < -0.39 is 0 Å². The molecule has 0 N–H and O–H groups in total. The minimum absolute atomic E-state index is 0.225. The molecule has 1 aromatic carbocycles. The molecule has 0 unspecified atom stereocenters. The molecule has 1 aliphatic heterocycles. The third-order valence-electron chi connectivity index (χ3n) is 3.72. The number of amides is 1. The maximum Gasteiger partial charge on any atom is 0.223 e. The van der Waals surface area contributed by atoms with Crippen LogP contribution in [-0.4, -0.2) is 38.0 Å². The summed E-state index contributed by atoms with van der Waals surface area (Å²) in [5, 5.41) is 9.61. The number of nitrogens with zero attached hydrogens (tertiary/aromatic N) is 4. The first-order valence-corrected chi connectivity index (χ1v) is 8.58. The van der Waals surface area contributed by atoms with Crippen LogP contribution in [0, 0.1) is 6.92 Å². The second kappa shape index (κ2) is 6.71. The van der Waals surface area contributed by atoms with E-state index in [1.165, 1.54) is 11.8 Å². The molecule has 116 valence electrons. The van der Waals surface area contributed by atoms with Gasteiger partial charge in [0, 0.05) is 18.0 Å². The van der Waals surface area contributed by atoms with Crippen LogP contribution in [0.25, 0.3) is 5.69 Å². The van der Waals surface area contributed by atoms with E-state index in [1.807, 2.05) is 34.6 Å². The molecule has 1 aromatic heterocycles. The van der Waals surface area contributed by atoms with E-state index in [0.717, 1.165) is 35.8 Å². The number of piperidine rings is 1. The molecular formula is C15H17ClN4OS. The summed E-state index contributed by atoms with van der Waals surface area (Å²) in [6, 6.07) is 5.86. The Balaban J connectivity index is 1.74. The van der Waals surface area contributed by atoms with Crippen LogP contribution in [0.3, 0.4) is 0 Å². The van der Waals surface area contributed by atoms with Crippen LogP contribution in [0.4, 0.5) is 0 Å². The van der Waals surface area contributed by atoms with Crippen LogP contribution in [0.5, 0.6) is 0 Å². The zero-order valence-electron chi connectivity index (χ0n) is 12.3. The van der Waals surface area contributed by atoms with Crippen molar-refractivity contribution in [2.45, 2.75) is 31.3 Å². The Hall–Kier alpha value is -1.53. The van der Waals surface area contributed by atoms with Gasteiger partial charge in [0.25, 0.3) is 0 Å². The number of benzene rings is 1. The lowest BCUT2D eigenvalue weighted by molar-refractivity contribution is -0.132. The van der Waals surface area contributed by atoms with Crippen LogP contribution in [0.2, 0.25) is 5.02 Å². The number of aryl methyl sites for hydroxylation is 1. The zero-order valence-corrected chi connectivity index (χ0v) is 13.9. The first-order chi connectivity index (χ1) is 10.6. The van der Waals surface area contributed by atoms with Crippen molar-refractivity contribution in [2.75, 3.05) is 12.4 Å². The standard InChI is InChI=1S/C15H17ClN4OS/c1-11-5-6-12(8-13(11)16)20-9-17-18-15(20)22-10-19-7-3-2-4-14(19)21/h5-6,8-9H,2-4,7,10H2,1H3. The van der Waals surface area contributed by atoms with Crippen LogP contribution < -0.4 is 0 Å². The Morgan fingerprint density at radius 1 is 1.36 bits per heavy atom. The van der Waals surface area contributed by atoms with Gasteiger partial charge in [-0.2, -0.15) is 0 Å². The predicted octanol–water partition coefficient (Wildman–Crippen LogP) is 3.29. The fraction of sp³-hybridized carbons (Fsp3) is 0.400. The minimum atomic E-state index is 0.225. The smallest absolute Gasteiger partial charge is 0.223 e. The fourth-order valence-electron chi connectivity index (χ4n) is 2.37. The Bertz CT molecular complexity index is 688.